The SMILES string of the molecule is CC(=O)N[C@H](C)C(=O)N[C@H](CO)C(=O)O. The molecule has 2 atom stereocenters. The third-order valence-electron chi connectivity index (χ3n) is 1.61. The summed E-state index contributed by atoms with van der Waals surface area (Å²) in [5.74, 6) is -2.39. The molecule has 0 aromatic heterocycles. The van der Waals surface area contributed by atoms with Gasteiger partial charge in [0, 0.05) is 6.92 Å². The maximum atomic E-state index is 11.3. The van der Waals surface area contributed by atoms with Crippen LogP contribution >= 0.6 is 0 Å². The minimum atomic E-state index is -1.35. The molecular weight excluding hydrogens is 204 g/mol. The van der Waals surface area contributed by atoms with E-state index in [1.807, 2.05) is 0 Å². The fourth-order valence-electron chi connectivity index (χ4n) is 0.853. The number of carbonyl (C=O) groups is 3. The van der Waals surface area contributed by atoms with Crippen LogP contribution in [0.15, 0.2) is 0 Å². The number of aliphatic hydroxyl groups excluding tert-OH is 1. The summed E-state index contributed by atoms with van der Waals surface area (Å²) in [5, 5.41) is 21.5. The summed E-state index contributed by atoms with van der Waals surface area (Å²) in [7, 11) is 0. The summed E-state index contributed by atoms with van der Waals surface area (Å²) in [6.07, 6.45) is 0. The van der Waals surface area contributed by atoms with Crippen LogP contribution in [0.2, 0.25) is 0 Å². The smallest absolute Gasteiger partial charge is 0.328 e. The molecule has 86 valence electrons. The van der Waals surface area contributed by atoms with E-state index in [1.54, 1.807) is 0 Å². The Kier molecular flexibility index (Phi) is 5.32. The zero-order valence-electron chi connectivity index (χ0n) is 8.48. The van der Waals surface area contributed by atoms with E-state index in [4.69, 9.17) is 10.2 Å². The Morgan fingerprint density at radius 3 is 2.13 bits per heavy atom. The number of nitrogens with one attached hydrogen (secondary N) is 2. The number of hydrogen-bond donors (Lipinski definition) is 4. The standard InChI is InChI=1S/C8H14N2O5/c1-4(9-5(2)12)7(13)10-6(3-11)8(14)15/h4,6,11H,3H2,1-2H3,(H,9,12)(H,10,13)(H,14,15)/t4-,6-/m1/s1. The first-order valence-electron chi connectivity index (χ1n) is 4.29. The Hall–Kier alpha value is -1.63. The number of carbonyl (C=O) groups excluding carboxylic acids is 2. The van der Waals surface area contributed by atoms with Gasteiger partial charge in [0.2, 0.25) is 11.8 Å². The summed E-state index contributed by atoms with van der Waals surface area (Å²) in [5.41, 5.74) is 0. The van der Waals surface area contributed by atoms with Gasteiger partial charge in [-0.05, 0) is 6.92 Å². The van der Waals surface area contributed by atoms with Gasteiger partial charge in [0.1, 0.15) is 12.1 Å². The molecule has 2 amide bonds. The second-order valence-corrected chi connectivity index (χ2v) is 3.00. The largest absolute Gasteiger partial charge is 0.480 e. The summed E-state index contributed by atoms with van der Waals surface area (Å²) in [4.78, 5) is 32.3. The summed E-state index contributed by atoms with van der Waals surface area (Å²) in [6.45, 7) is 1.95. The minimum Gasteiger partial charge on any atom is -0.480 e. The van der Waals surface area contributed by atoms with Crippen LogP contribution in [0.1, 0.15) is 13.8 Å². The molecule has 15 heavy (non-hydrogen) atoms. The van der Waals surface area contributed by atoms with Crippen molar-refractivity contribution < 1.29 is 24.6 Å². The molecule has 0 fully saturated rings. The van der Waals surface area contributed by atoms with Gasteiger partial charge in [0.15, 0.2) is 0 Å². The van der Waals surface area contributed by atoms with Crippen LogP contribution in [-0.4, -0.2) is 46.7 Å². The molecule has 0 aliphatic heterocycles. The van der Waals surface area contributed by atoms with Crippen molar-refractivity contribution >= 4 is 17.8 Å². The molecule has 0 rings (SSSR count). The molecule has 0 heterocycles. The van der Waals surface area contributed by atoms with Crippen molar-refractivity contribution in [3.63, 3.8) is 0 Å². The highest BCUT2D eigenvalue weighted by atomic mass is 16.4. The first-order chi connectivity index (χ1) is 6.88. The zero-order chi connectivity index (χ0) is 12.0. The molecule has 7 nitrogen and oxygen atoms in total. The van der Waals surface area contributed by atoms with E-state index >= 15 is 0 Å². The van der Waals surface area contributed by atoms with E-state index in [1.165, 1.54) is 13.8 Å². The van der Waals surface area contributed by atoms with E-state index in [-0.39, 0.29) is 0 Å². The lowest BCUT2D eigenvalue weighted by atomic mass is 10.2. The quantitative estimate of drug-likeness (QED) is 0.429. The lowest BCUT2D eigenvalue weighted by Crippen LogP contribution is -2.51. The molecule has 0 unspecified atom stereocenters. The topological polar surface area (TPSA) is 116 Å². The van der Waals surface area contributed by atoms with Crippen LogP contribution in [0, 0.1) is 0 Å². The van der Waals surface area contributed by atoms with Gasteiger partial charge in [0.25, 0.3) is 0 Å². The first-order valence-corrected chi connectivity index (χ1v) is 4.29. The van der Waals surface area contributed by atoms with Crippen LogP contribution in [0.3, 0.4) is 0 Å². The Balaban J connectivity index is 4.21. The van der Waals surface area contributed by atoms with Gasteiger partial charge in [-0.25, -0.2) is 4.79 Å². The van der Waals surface area contributed by atoms with Gasteiger partial charge in [-0.2, -0.15) is 0 Å². The van der Waals surface area contributed by atoms with E-state index in [0.29, 0.717) is 0 Å². The molecule has 7 heteroatoms. The third kappa shape index (κ3) is 4.96. The molecule has 0 aromatic rings. The van der Waals surface area contributed by atoms with Gasteiger partial charge in [-0.1, -0.05) is 0 Å². The molecule has 0 saturated carbocycles. The lowest BCUT2D eigenvalue weighted by Gasteiger charge is -2.16. The van der Waals surface area contributed by atoms with Crippen LogP contribution in [0.5, 0.6) is 0 Å². The van der Waals surface area contributed by atoms with Crippen LogP contribution in [0.4, 0.5) is 0 Å². The summed E-state index contributed by atoms with van der Waals surface area (Å²) < 4.78 is 0. The van der Waals surface area contributed by atoms with Gasteiger partial charge in [-0.3, -0.25) is 9.59 Å². The van der Waals surface area contributed by atoms with E-state index in [2.05, 4.69) is 10.6 Å². The molecule has 0 aliphatic carbocycles. The molecule has 0 bridgehead atoms. The Labute approximate surface area is 86.5 Å². The number of rotatable bonds is 5. The molecular formula is C8H14N2O5. The van der Waals surface area contributed by atoms with Crippen LogP contribution in [0.25, 0.3) is 0 Å². The zero-order valence-corrected chi connectivity index (χ0v) is 8.48. The number of carboxylic acids is 1. The first kappa shape index (κ1) is 13.4. The Bertz CT molecular complexity index is 266. The number of aliphatic hydroxyl groups is 1. The lowest BCUT2D eigenvalue weighted by molar-refractivity contribution is -0.143. The normalized spacial score (nSPS) is 13.8. The summed E-state index contributed by atoms with van der Waals surface area (Å²) >= 11 is 0. The monoisotopic (exact) mass is 218 g/mol. The highest BCUT2D eigenvalue weighted by Gasteiger charge is 2.22. The summed E-state index contributed by atoms with van der Waals surface area (Å²) in [6, 6.07) is -2.19. The predicted molar refractivity (Wildman–Crippen MR) is 49.9 cm³/mol. The number of hydrogen-bond acceptors (Lipinski definition) is 4. The fourth-order valence-corrected chi connectivity index (χ4v) is 0.853. The highest BCUT2D eigenvalue weighted by Crippen LogP contribution is 1.87. The van der Waals surface area contributed by atoms with Gasteiger partial charge in [0.05, 0.1) is 6.61 Å². The predicted octanol–water partition coefficient (Wildman–Crippen LogP) is -1.93. The second-order valence-electron chi connectivity index (χ2n) is 3.00. The van der Waals surface area contributed by atoms with Crippen molar-refractivity contribution in [2.45, 2.75) is 25.9 Å². The molecule has 0 radical (unpaired) electrons. The maximum Gasteiger partial charge on any atom is 0.328 e. The van der Waals surface area contributed by atoms with E-state index in [9.17, 15) is 14.4 Å². The molecule has 4 N–H and O–H groups in total. The minimum absolute atomic E-state index is 0.395. The van der Waals surface area contributed by atoms with E-state index < -0.39 is 36.5 Å². The number of amides is 2. The van der Waals surface area contributed by atoms with Gasteiger partial charge in [-0.15, -0.1) is 0 Å². The van der Waals surface area contributed by atoms with Crippen LogP contribution < -0.4 is 10.6 Å². The number of aliphatic carboxylic acids is 1. The molecule has 0 spiro atoms. The Morgan fingerprint density at radius 2 is 1.80 bits per heavy atom. The van der Waals surface area contributed by atoms with Crippen molar-refractivity contribution in [3.8, 4) is 0 Å². The highest BCUT2D eigenvalue weighted by molar-refractivity contribution is 5.89. The van der Waals surface area contributed by atoms with Crippen molar-refractivity contribution in [2.75, 3.05) is 6.61 Å². The second kappa shape index (κ2) is 5.97. The van der Waals surface area contributed by atoms with Crippen molar-refractivity contribution in [3.05, 3.63) is 0 Å². The van der Waals surface area contributed by atoms with Crippen molar-refractivity contribution in [1.29, 1.82) is 0 Å². The Morgan fingerprint density at radius 1 is 1.27 bits per heavy atom. The number of carboxylic acid groups (broad SMARTS) is 1. The third-order valence-corrected chi connectivity index (χ3v) is 1.61. The van der Waals surface area contributed by atoms with Crippen molar-refractivity contribution in [2.24, 2.45) is 0 Å². The maximum absolute atomic E-state index is 11.3. The van der Waals surface area contributed by atoms with Crippen LogP contribution in [-0.2, 0) is 14.4 Å². The molecule has 0 aliphatic rings. The fraction of sp³-hybridized carbons (Fsp3) is 0.625. The average molecular weight is 218 g/mol. The van der Waals surface area contributed by atoms with E-state index in [0.717, 1.165) is 0 Å². The van der Waals surface area contributed by atoms with Gasteiger partial charge < -0.3 is 20.8 Å². The molecule has 0 aromatic carbocycles. The van der Waals surface area contributed by atoms with Gasteiger partial charge >= 0.3 is 5.97 Å². The van der Waals surface area contributed by atoms with Crippen molar-refractivity contribution in [1.82, 2.24) is 10.6 Å². The average Bonchev–Trinajstić information content (AvgIpc) is 2.11. The molecule has 0 saturated heterocycles.